The lowest BCUT2D eigenvalue weighted by Crippen LogP contribution is -2.42. The van der Waals surface area contributed by atoms with Crippen LogP contribution >= 0.6 is 0 Å². The third-order valence-corrected chi connectivity index (χ3v) is 4.74. The topological polar surface area (TPSA) is 30.5 Å². The van der Waals surface area contributed by atoms with Gasteiger partial charge in [0.05, 0.1) is 25.9 Å². The van der Waals surface area contributed by atoms with Crippen molar-refractivity contribution in [3.8, 4) is 0 Å². The SMILES string of the molecule is C=C[C@@H](NCc1ccccc1)[C@@H](COCc1ccccc1)OCc1ccccc1. The minimum Gasteiger partial charge on any atom is -0.374 e. The summed E-state index contributed by atoms with van der Waals surface area (Å²) in [5.41, 5.74) is 3.53. The molecule has 0 unspecified atom stereocenters. The molecule has 0 bridgehead atoms. The number of rotatable bonds is 12. The van der Waals surface area contributed by atoms with Gasteiger partial charge in [-0.3, -0.25) is 0 Å². The van der Waals surface area contributed by atoms with E-state index in [1.54, 1.807) is 0 Å². The molecule has 29 heavy (non-hydrogen) atoms. The highest BCUT2D eigenvalue weighted by Gasteiger charge is 2.20. The zero-order chi connectivity index (χ0) is 20.2. The standard InChI is InChI=1S/C26H29NO2/c1-2-25(27-18-22-12-6-3-7-13-22)26(29-20-24-16-10-5-11-17-24)21-28-19-23-14-8-4-9-15-23/h2-17,25-27H,1,18-21H2/t25-,26-/m1/s1. The number of nitrogens with one attached hydrogen (secondary N) is 1. The molecule has 0 aromatic heterocycles. The van der Waals surface area contributed by atoms with Crippen LogP contribution in [0.15, 0.2) is 104 Å². The molecule has 3 heteroatoms. The Balaban J connectivity index is 1.59. The largest absolute Gasteiger partial charge is 0.374 e. The lowest BCUT2D eigenvalue weighted by atomic mass is 10.1. The molecule has 0 aliphatic rings. The van der Waals surface area contributed by atoms with E-state index in [0.29, 0.717) is 19.8 Å². The Morgan fingerprint density at radius 1 is 0.724 bits per heavy atom. The summed E-state index contributed by atoms with van der Waals surface area (Å²) in [5.74, 6) is 0. The average molecular weight is 388 g/mol. The quantitative estimate of drug-likeness (QED) is 0.437. The first-order valence-corrected chi connectivity index (χ1v) is 10.0. The van der Waals surface area contributed by atoms with Gasteiger partial charge < -0.3 is 14.8 Å². The van der Waals surface area contributed by atoms with Crippen LogP contribution in [0, 0.1) is 0 Å². The molecule has 0 aliphatic carbocycles. The summed E-state index contributed by atoms with van der Waals surface area (Å²) in [7, 11) is 0. The molecule has 0 fully saturated rings. The highest BCUT2D eigenvalue weighted by atomic mass is 16.5. The van der Waals surface area contributed by atoms with Gasteiger partial charge >= 0.3 is 0 Å². The average Bonchev–Trinajstić information content (AvgIpc) is 2.79. The molecule has 0 radical (unpaired) electrons. The third-order valence-electron chi connectivity index (χ3n) is 4.74. The third kappa shape index (κ3) is 7.31. The Kier molecular flexibility index (Phi) is 8.67. The van der Waals surface area contributed by atoms with Gasteiger partial charge in [-0.25, -0.2) is 0 Å². The van der Waals surface area contributed by atoms with Crippen molar-refractivity contribution in [1.82, 2.24) is 5.32 Å². The van der Waals surface area contributed by atoms with Gasteiger partial charge in [0.1, 0.15) is 6.10 Å². The van der Waals surface area contributed by atoms with E-state index in [-0.39, 0.29) is 12.1 Å². The van der Waals surface area contributed by atoms with Crippen molar-refractivity contribution < 1.29 is 9.47 Å². The number of benzene rings is 3. The van der Waals surface area contributed by atoms with Crippen molar-refractivity contribution in [2.75, 3.05) is 6.61 Å². The highest BCUT2D eigenvalue weighted by molar-refractivity contribution is 5.16. The number of hydrogen-bond acceptors (Lipinski definition) is 3. The van der Waals surface area contributed by atoms with Gasteiger partial charge in [-0.1, -0.05) is 97.1 Å². The van der Waals surface area contributed by atoms with E-state index in [4.69, 9.17) is 9.47 Å². The van der Waals surface area contributed by atoms with Crippen LogP contribution in [0.2, 0.25) is 0 Å². The van der Waals surface area contributed by atoms with Gasteiger partial charge in [0, 0.05) is 6.54 Å². The second-order valence-electron chi connectivity index (χ2n) is 6.96. The van der Waals surface area contributed by atoms with Crippen LogP contribution in [-0.4, -0.2) is 18.8 Å². The van der Waals surface area contributed by atoms with Gasteiger partial charge in [-0.2, -0.15) is 0 Å². The molecular weight excluding hydrogens is 358 g/mol. The summed E-state index contributed by atoms with van der Waals surface area (Å²) >= 11 is 0. The minimum atomic E-state index is -0.139. The van der Waals surface area contributed by atoms with Crippen molar-refractivity contribution in [3.05, 3.63) is 120 Å². The van der Waals surface area contributed by atoms with E-state index >= 15 is 0 Å². The Labute approximate surface area is 174 Å². The zero-order valence-electron chi connectivity index (χ0n) is 16.7. The molecule has 0 saturated carbocycles. The zero-order valence-corrected chi connectivity index (χ0v) is 16.7. The van der Waals surface area contributed by atoms with Crippen molar-refractivity contribution in [3.63, 3.8) is 0 Å². The van der Waals surface area contributed by atoms with Gasteiger partial charge in [-0.05, 0) is 16.7 Å². The fourth-order valence-electron chi connectivity index (χ4n) is 3.10. The van der Waals surface area contributed by atoms with Crippen molar-refractivity contribution in [2.45, 2.75) is 31.9 Å². The molecule has 3 aromatic rings. The van der Waals surface area contributed by atoms with Crippen LogP contribution < -0.4 is 5.32 Å². The van der Waals surface area contributed by atoms with Crippen LogP contribution in [-0.2, 0) is 29.2 Å². The lowest BCUT2D eigenvalue weighted by molar-refractivity contribution is -0.0402. The van der Waals surface area contributed by atoms with Crippen LogP contribution in [0.5, 0.6) is 0 Å². The lowest BCUT2D eigenvalue weighted by Gasteiger charge is -2.26. The maximum Gasteiger partial charge on any atom is 0.100 e. The highest BCUT2D eigenvalue weighted by Crippen LogP contribution is 2.11. The first kappa shape index (κ1) is 21.0. The van der Waals surface area contributed by atoms with Crippen LogP contribution in [0.1, 0.15) is 16.7 Å². The summed E-state index contributed by atoms with van der Waals surface area (Å²) in [4.78, 5) is 0. The second-order valence-corrected chi connectivity index (χ2v) is 6.96. The number of ether oxygens (including phenoxy) is 2. The monoisotopic (exact) mass is 387 g/mol. The molecule has 1 N–H and O–H groups in total. The molecule has 3 rings (SSSR count). The molecule has 0 aliphatic heterocycles. The first-order chi connectivity index (χ1) is 14.3. The summed E-state index contributed by atoms with van der Waals surface area (Å²) in [6.07, 6.45) is 1.77. The molecule has 150 valence electrons. The Morgan fingerprint density at radius 2 is 1.24 bits per heavy atom. The molecule has 2 atom stereocenters. The summed E-state index contributed by atoms with van der Waals surface area (Å²) in [6, 6.07) is 30.7. The molecule has 0 heterocycles. The van der Waals surface area contributed by atoms with E-state index in [1.807, 2.05) is 60.7 Å². The van der Waals surface area contributed by atoms with E-state index in [0.717, 1.165) is 17.7 Å². The predicted molar refractivity (Wildman–Crippen MR) is 118 cm³/mol. The minimum absolute atomic E-state index is 0.0188. The van der Waals surface area contributed by atoms with Gasteiger partial charge in [-0.15, -0.1) is 6.58 Å². The molecule has 0 saturated heterocycles. The predicted octanol–water partition coefficient (Wildman–Crippen LogP) is 5.13. The summed E-state index contributed by atoms with van der Waals surface area (Å²) in [5, 5.41) is 3.55. The van der Waals surface area contributed by atoms with Crippen molar-refractivity contribution in [1.29, 1.82) is 0 Å². The van der Waals surface area contributed by atoms with Crippen molar-refractivity contribution >= 4 is 0 Å². The Morgan fingerprint density at radius 3 is 1.79 bits per heavy atom. The molecule has 3 aromatic carbocycles. The van der Waals surface area contributed by atoms with E-state index < -0.39 is 0 Å². The molecule has 3 nitrogen and oxygen atoms in total. The van der Waals surface area contributed by atoms with Crippen LogP contribution in [0.4, 0.5) is 0 Å². The molecule has 0 amide bonds. The van der Waals surface area contributed by atoms with Crippen LogP contribution in [0.25, 0.3) is 0 Å². The maximum atomic E-state index is 6.25. The van der Waals surface area contributed by atoms with Crippen LogP contribution in [0.3, 0.4) is 0 Å². The second kappa shape index (κ2) is 12.0. The molecular formula is C26H29NO2. The van der Waals surface area contributed by atoms with E-state index in [2.05, 4.69) is 48.3 Å². The van der Waals surface area contributed by atoms with Crippen molar-refractivity contribution in [2.24, 2.45) is 0 Å². The number of hydrogen-bond donors (Lipinski definition) is 1. The molecule has 0 spiro atoms. The fraction of sp³-hybridized carbons (Fsp3) is 0.231. The van der Waals surface area contributed by atoms with E-state index in [9.17, 15) is 0 Å². The maximum absolute atomic E-state index is 6.25. The smallest absolute Gasteiger partial charge is 0.100 e. The van der Waals surface area contributed by atoms with Gasteiger partial charge in [0.25, 0.3) is 0 Å². The van der Waals surface area contributed by atoms with Gasteiger partial charge in [0.15, 0.2) is 0 Å². The van der Waals surface area contributed by atoms with Gasteiger partial charge in [0.2, 0.25) is 0 Å². The summed E-state index contributed by atoms with van der Waals surface area (Å²) in [6.45, 7) is 6.36. The Bertz CT molecular complexity index is 821. The normalized spacial score (nSPS) is 13.0. The first-order valence-electron chi connectivity index (χ1n) is 10.0. The fourth-order valence-corrected chi connectivity index (χ4v) is 3.10. The van der Waals surface area contributed by atoms with E-state index in [1.165, 1.54) is 5.56 Å². The Hall–Kier alpha value is -2.72. The summed E-state index contributed by atoms with van der Waals surface area (Å²) < 4.78 is 12.2.